The van der Waals surface area contributed by atoms with Crippen LogP contribution in [0.15, 0.2) is 12.1 Å². The number of nitrogens with two attached hydrogens (primary N) is 1. The van der Waals surface area contributed by atoms with Crippen molar-refractivity contribution >= 4 is 23.3 Å². The number of ether oxygens (including phenoxy) is 2. The summed E-state index contributed by atoms with van der Waals surface area (Å²) in [5.74, 6) is -1.27. The summed E-state index contributed by atoms with van der Waals surface area (Å²) in [6, 6.07) is 2.94. The first-order valence-corrected chi connectivity index (χ1v) is 4.83. The standard InChI is InChI=1S/C11H14N2O4/c1-13-9-7(12)5-4-6(10(14)16-2)8(9)11(15)17-3/h4-5,13H,12H2,1-3H3. The van der Waals surface area contributed by atoms with Crippen molar-refractivity contribution < 1.29 is 19.1 Å². The first-order valence-electron chi connectivity index (χ1n) is 4.83. The van der Waals surface area contributed by atoms with Crippen LogP contribution in [0.3, 0.4) is 0 Å². The molecule has 6 nitrogen and oxygen atoms in total. The summed E-state index contributed by atoms with van der Waals surface area (Å²) in [6.07, 6.45) is 0. The van der Waals surface area contributed by atoms with Gasteiger partial charge in [-0.3, -0.25) is 0 Å². The van der Waals surface area contributed by atoms with Gasteiger partial charge in [0.25, 0.3) is 0 Å². The molecule has 0 aromatic heterocycles. The Kier molecular flexibility index (Phi) is 3.92. The van der Waals surface area contributed by atoms with Gasteiger partial charge in [0.1, 0.15) is 0 Å². The normalized spacial score (nSPS) is 9.59. The Balaban J connectivity index is 3.50. The minimum absolute atomic E-state index is 0.0712. The summed E-state index contributed by atoms with van der Waals surface area (Å²) in [7, 11) is 4.06. The van der Waals surface area contributed by atoms with Crippen LogP contribution in [0.4, 0.5) is 11.4 Å². The minimum atomic E-state index is -0.651. The van der Waals surface area contributed by atoms with Crippen LogP contribution in [-0.2, 0) is 9.47 Å². The molecule has 0 atom stereocenters. The highest BCUT2D eigenvalue weighted by molar-refractivity contribution is 6.09. The minimum Gasteiger partial charge on any atom is -0.465 e. The fourth-order valence-electron chi connectivity index (χ4n) is 1.48. The Hall–Kier alpha value is -2.24. The third-order valence-electron chi connectivity index (χ3n) is 2.28. The van der Waals surface area contributed by atoms with Gasteiger partial charge in [-0.25, -0.2) is 9.59 Å². The lowest BCUT2D eigenvalue weighted by Gasteiger charge is -2.13. The molecular formula is C11H14N2O4. The second-order valence-corrected chi connectivity index (χ2v) is 3.19. The quantitative estimate of drug-likeness (QED) is 0.600. The van der Waals surface area contributed by atoms with E-state index in [9.17, 15) is 9.59 Å². The number of hydrogen-bond acceptors (Lipinski definition) is 6. The van der Waals surface area contributed by atoms with E-state index < -0.39 is 11.9 Å². The topological polar surface area (TPSA) is 90.6 Å². The molecule has 0 radical (unpaired) electrons. The first kappa shape index (κ1) is 12.8. The lowest BCUT2D eigenvalue weighted by atomic mass is 10.0. The van der Waals surface area contributed by atoms with E-state index in [1.807, 2.05) is 0 Å². The van der Waals surface area contributed by atoms with Crippen LogP contribution in [0.2, 0.25) is 0 Å². The smallest absolute Gasteiger partial charge is 0.340 e. The molecular weight excluding hydrogens is 224 g/mol. The van der Waals surface area contributed by atoms with E-state index in [1.165, 1.54) is 26.4 Å². The highest BCUT2D eigenvalue weighted by atomic mass is 16.5. The summed E-state index contributed by atoms with van der Waals surface area (Å²) in [5.41, 5.74) is 6.59. The Labute approximate surface area is 98.7 Å². The summed E-state index contributed by atoms with van der Waals surface area (Å²) >= 11 is 0. The molecule has 0 aliphatic heterocycles. The summed E-state index contributed by atoms with van der Waals surface area (Å²) in [6.45, 7) is 0. The van der Waals surface area contributed by atoms with E-state index in [0.29, 0.717) is 11.4 Å². The molecule has 0 saturated heterocycles. The third-order valence-corrected chi connectivity index (χ3v) is 2.28. The van der Waals surface area contributed by atoms with Crippen molar-refractivity contribution in [1.82, 2.24) is 0 Å². The molecule has 0 aliphatic rings. The maximum atomic E-state index is 11.7. The number of carbonyl (C=O) groups excluding carboxylic acids is 2. The molecule has 3 N–H and O–H groups in total. The maximum Gasteiger partial charge on any atom is 0.340 e. The van der Waals surface area contributed by atoms with E-state index in [0.717, 1.165) is 0 Å². The van der Waals surface area contributed by atoms with Crippen molar-refractivity contribution in [3.8, 4) is 0 Å². The molecule has 1 aromatic carbocycles. The second-order valence-electron chi connectivity index (χ2n) is 3.19. The molecule has 6 heteroatoms. The predicted molar refractivity (Wildman–Crippen MR) is 63.1 cm³/mol. The highest BCUT2D eigenvalue weighted by Gasteiger charge is 2.23. The fourth-order valence-corrected chi connectivity index (χ4v) is 1.48. The monoisotopic (exact) mass is 238 g/mol. The van der Waals surface area contributed by atoms with Crippen LogP contribution in [0.1, 0.15) is 20.7 Å². The molecule has 0 aliphatic carbocycles. The zero-order valence-electron chi connectivity index (χ0n) is 9.87. The van der Waals surface area contributed by atoms with Gasteiger partial charge < -0.3 is 20.5 Å². The van der Waals surface area contributed by atoms with Crippen molar-refractivity contribution in [2.24, 2.45) is 0 Å². The molecule has 0 amide bonds. The van der Waals surface area contributed by atoms with Crippen LogP contribution < -0.4 is 11.1 Å². The van der Waals surface area contributed by atoms with Crippen molar-refractivity contribution in [3.63, 3.8) is 0 Å². The van der Waals surface area contributed by atoms with Gasteiger partial charge in [-0.1, -0.05) is 0 Å². The Bertz CT molecular complexity index is 457. The highest BCUT2D eigenvalue weighted by Crippen LogP contribution is 2.27. The van der Waals surface area contributed by atoms with Crippen molar-refractivity contribution in [2.45, 2.75) is 0 Å². The van der Waals surface area contributed by atoms with Crippen LogP contribution in [0, 0.1) is 0 Å². The molecule has 1 aromatic rings. The van der Waals surface area contributed by atoms with Gasteiger partial charge in [-0.15, -0.1) is 0 Å². The maximum absolute atomic E-state index is 11.7. The number of hydrogen-bond donors (Lipinski definition) is 2. The zero-order chi connectivity index (χ0) is 13.0. The first-order chi connectivity index (χ1) is 8.06. The Morgan fingerprint density at radius 3 is 2.24 bits per heavy atom. The second kappa shape index (κ2) is 5.20. The van der Waals surface area contributed by atoms with Gasteiger partial charge in [0.05, 0.1) is 36.7 Å². The number of methoxy groups -OCH3 is 2. The lowest BCUT2D eigenvalue weighted by molar-refractivity contribution is 0.0556. The number of nitrogens with one attached hydrogen (secondary N) is 1. The van der Waals surface area contributed by atoms with Gasteiger partial charge in [0.15, 0.2) is 0 Å². The largest absolute Gasteiger partial charge is 0.465 e. The van der Waals surface area contributed by atoms with E-state index in [1.54, 1.807) is 7.05 Å². The van der Waals surface area contributed by atoms with Gasteiger partial charge >= 0.3 is 11.9 Å². The van der Waals surface area contributed by atoms with E-state index in [-0.39, 0.29) is 11.1 Å². The average molecular weight is 238 g/mol. The molecule has 17 heavy (non-hydrogen) atoms. The van der Waals surface area contributed by atoms with Crippen molar-refractivity contribution in [1.29, 1.82) is 0 Å². The predicted octanol–water partition coefficient (Wildman–Crippen LogP) is 0.884. The van der Waals surface area contributed by atoms with E-state index >= 15 is 0 Å². The number of carbonyl (C=O) groups is 2. The van der Waals surface area contributed by atoms with Crippen LogP contribution in [0.25, 0.3) is 0 Å². The number of nitrogen functional groups attached to an aromatic ring is 1. The van der Waals surface area contributed by atoms with Gasteiger partial charge in [0, 0.05) is 7.05 Å². The van der Waals surface area contributed by atoms with Crippen LogP contribution >= 0.6 is 0 Å². The number of benzene rings is 1. The lowest BCUT2D eigenvalue weighted by Crippen LogP contribution is -2.15. The number of anilines is 2. The Morgan fingerprint density at radius 2 is 1.76 bits per heavy atom. The third kappa shape index (κ3) is 2.30. The summed E-state index contributed by atoms with van der Waals surface area (Å²) in [4.78, 5) is 23.2. The van der Waals surface area contributed by atoms with Gasteiger partial charge in [0.2, 0.25) is 0 Å². The van der Waals surface area contributed by atoms with Crippen molar-refractivity contribution in [2.75, 3.05) is 32.3 Å². The fraction of sp³-hybridized carbons (Fsp3) is 0.273. The Morgan fingerprint density at radius 1 is 1.18 bits per heavy atom. The van der Waals surface area contributed by atoms with Crippen molar-refractivity contribution in [3.05, 3.63) is 23.3 Å². The molecule has 1 rings (SSSR count). The van der Waals surface area contributed by atoms with Crippen LogP contribution in [0.5, 0.6) is 0 Å². The zero-order valence-corrected chi connectivity index (χ0v) is 9.87. The molecule has 92 valence electrons. The summed E-state index contributed by atoms with van der Waals surface area (Å²) < 4.78 is 9.22. The van der Waals surface area contributed by atoms with Crippen LogP contribution in [-0.4, -0.2) is 33.2 Å². The average Bonchev–Trinajstić information content (AvgIpc) is 2.36. The number of esters is 2. The van der Waals surface area contributed by atoms with Gasteiger partial charge in [-0.2, -0.15) is 0 Å². The molecule has 0 fully saturated rings. The molecule has 0 heterocycles. The molecule has 0 saturated carbocycles. The summed E-state index contributed by atoms with van der Waals surface area (Å²) in [5, 5.41) is 2.76. The van der Waals surface area contributed by atoms with Gasteiger partial charge in [-0.05, 0) is 12.1 Å². The van der Waals surface area contributed by atoms with E-state index in [2.05, 4.69) is 14.8 Å². The van der Waals surface area contributed by atoms with E-state index in [4.69, 9.17) is 5.73 Å². The molecule has 0 unspecified atom stereocenters. The molecule has 0 spiro atoms. The number of rotatable bonds is 3. The molecule has 0 bridgehead atoms. The SMILES string of the molecule is CNc1c(N)ccc(C(=O)OC)c1C(=O)OC.